The Bertz CT molecular complexity index is 566. The molecule has 0 aliphatic rings. The Morgan fingerprint density at radius 3 is 2.44 bits per heavy atom. The lowest BCUT2D eigenvalue weighted by atomic mass is 10.2. The molecule has 0 heterocycles. The molecule has 1 amide bonds. The van der Waals surface area contributed by atoms with Gasteiger partial charge in [-0.25, -0.2) is 4.39 Å². The highest BCUT2D eigenvalue weighted by atomic mass is 127. The fraction of sp³-hybridized carbons (Fsp3) is 0. The van der Waals surface area contributed by atoms with E-state index in [9.17, 15) is 9.18 Å². The molecule has 18 heavy (non-hydrogen) atoms. The third-order valence-corrected chi connectivity index (χ3v) is 3.16. The van der Waals surface area contributed by atoms with Gasteiger partial charge in [0.25, 0.3) is 5.91 Å². The number of hydrogen-bond donors (Lipinski definition) is 1. The molecule has 0 atom stereocenters. The van der Waals surface area contributed by atoms with E-state index in [0.29, 0.717) is 11.3 Å². The summed E-state index contributed by atoms with van der Waals surface area (Å²) < 4.78 is 14.1. The molecule has 2 rings (SSSR count). The second kappa shape index (κ2) is 5.67. The number of benzene rings is 2. The van der Waals surface area contributed by atoms with Crippen molar-refractivity contribution in [1.82, 2.24) is 0 Å². The first-order valence-electron chi connectivity index (χ1n) is 5.07. The Kier molecular flexibility index (Phi) is 4.19. The van der Waals surface area contributed by atoms with Crippen molar-refractivity contribution in [3.05, 3.63) is 62.4 Å². The molecule has 0 spiro atoms. The number of nitrogens with one attached hydrogen (secondary N) is 1. The first-order chi connectivity index (χ1) is 8.54. The average Bonchev–Trinajstić information content (AvgIpc) is 2.28. The average molecular weight is 376 g/mol. The highest BCUT2D eigenvalue weighted by Crippen LogP contribution is 2.19. The molecule has 0 unspecified atom stereocenters. The van der Waals surface area contributed by atoms with Gasteiger partial charge in [-0.15, -0.1) is 0 Å². The Morgan fingerprint density at radius 2 is 1.83 bits per heavy atom. The number of carbonyl (C=O) groups is 1. The maximum Gasteiger partial charge on any atom is 0.255 e. The van der Waals surface area contributed by atoms with Crippen molar-refractivity contribution in [2.24, 2.45) is 0 Å². The summed E-state index contributed by atoms with van der Waals surface area (Å²) in [6, 6.07) is 11.0. The van der Waals surface area contributed by atoms with E-state index in [1.807, 2.05) is 12.1 Å². The molecule has 2 nitrogen and oxygen atoms in total. The summed E-state index contributed by atoms with van der Waals surface area (Å²) in [6.45, 7) is 0. The molecule has 92 valence electrons. The first-order valence-corrected chi connectivity index (χ1v) is 6.53. The van der Waals surface area contributed by atoms with Gasteiger partial charge in [-0.1, -0.05) is 11.6 Å². The van der Waals surface area contributed by atoms with Gasteiger partial charge in [0.15, 0.2) is 0 Å². The molecule has 0 saturated carbocycles. The first kappa shape index (κ1) is 13.3. The van der Waals surface area contributed by atoms with E-state index in [-0.39, 0.29) is 10.9 Å². The van der Waals surface area contributed by atoms with Crippen LogP contribution in [0.15, 0.2) is 42.5 Å². The van der Waals surface area contributed by atoms with Gasteiger partial charge in [0.2, 0.25) is 0 Å². The summed E-state index contributed by atoms with van der Waals surface area (Å²) in [5.41, 5.74) is 0.847. The van der Waals surface area contributed by atoms with Crippen LogP contribution in [-0.4, -0.2) is 5.91 Å². The number of rotatable bonds is 2. The van der Waals surface area contributed by atoms with Gasteiger partial charge < -0.3 is 5.32 Å². The minimum Gasteiger partial charge on any atom is -0.322 e. The van der Waals surface area contributed by atoms with Gasteiger partial charge in [0.05, 0.1) is 0 Å². The number of carbonyl (C=O) groups excluding carboxylic acids is 1. The van der Waals surface area contributed by atoms with Crippen LogP contribution in [0, 0.1) is 9.39 Å². The molecule has 0 aliphatic carbocycles. The van der Waals surface area contributed by atoms with E-state index >= 15 is 0 Å². The standard InChI is InChI=1S/C13H8ClFINO/c14-9-5-10(15)7-12(6-9)17-13(18)8-1-3-11(16)4-2-8/h1-7H,(H,17,18). The quantitative estimate of drug-likeness (QED) is 0.778. The van der Waals surface area contributed by atoms with E-state index in [1.54, 1.807) is 12.1 Å². The third-order valence-electron chi connectivity index (χ3n) is 2.23. The monoisotopic (exact) mass is 375 g/mol. The molecule has 0 radical (unpaired) electrons. The number of hydrogen-bond acceptors (Lipinski definition) is 1. The highest BCUT2D eigenvalue weighted by Gasteiger charge is 2.07. The topological polar surface area (TPSA) is 29.1 Å². The Morgan fingerprint density at radius 1 is 1.17 bits per heavy atom. The van der Waals surface area contributed by atoms with Crippen LogP contribution in [0.1, 0.15) is 10.4 Å². The van der Waals surface area contributed by atoms with E-state index in [0.717, 1.165) is 3.57 Å². The maximum absolute atomic E-state index is 13.1. The summed E-state index contributed by atoms with van der Waals surface area (Å²) in [5, 5.41) is 2.84. The molecular formula is C13H8ClFINO. The van der Waals surface area contributed by atoms with Crippen LogP contribution >= 0.6 is 34.2 Å². The van der Waals surface area contributed by atoms with Crippen molar-refractivity contribution >= 4 is 45.8 Å². The Labute approximate surface area is 122 Å². The zero-order chi connectivity index (χ0) is 13.1. The van der Waals surface area contributed by atoms with Crippen LogP contribution in [0.4, 0.5) is 10.1 Å². The van der Waals surface area contributed by atoms with Gasteiger partial charge in [-0.05, 0) is 65.1 Å². The lowest BCUT2D eigenvalue weighted by Gasteiger charge is -2.06. The molecule has 0 fully saturated rings. The highest BCUT2D eigenvalue weighted by molar-refractivity contribution is 14.1. The van der Waals surface area contributed by atoms with E-state index in [1.165, 1.54) is 18.2 Å². The van der Waals surface area contributed by atoms with Crippen molar-refractivity contribution < 1.29 is 9.18 Å². The molecule has 1 N–H and O–H groups in total. The zero-order valence-corrected chi connectivity index (χ0v) is 12.0. The van der Waals surface area contributed by atoms with E-state index in [4.69, 9.17) is 11.6 Å². The third kappa shape index (κ3) is 3.43. The summed E-state index contributed by atoms with van der Waals surface area (Å²) in [6.07, 6.45) is 0. The summed E-state index contributed by atoms with van der Waals surface area (Å²) in [4.78, 5) is 11.9. The minimum absolute atomic E-state index is 0.243. The molecule has 0 aromatic heterocycles. The fourth-order valence-electron chi connectivity index (χ4n) is 1.43. The molecule has 5 heteroatoms. The largest absolute Gasteiger partial charge is 0.322 e. The van der Waals surface area contributed by atoms with E-state index in [2.05, 4.69) is 27.9 Å². The van der Waals surface area contributed by atoms with Gasteiger partial charge >= 0.3 is 0 Å². The predicted molar refractivity (Wildman–Crippen MR) is 78.5 cm³/mol. The van der Waals surface area contributed by atoms with Crippen molar-refractivity contribution in [2.75, 3.05) is 5.32 Å². The number of amides is 1. The van der Waals surface area contributed by atoms with Gasteiger partial charge in [-0.2, -0.15) is 0 Å². The van der Waals surface area contributed by atoms with Crippen LogP contribution < -0.4 is 5.32 Å². The van der Waals surface area contributed by atoms with Gasteiger partial charge in [0, 0.05) is 19.8 Å². The Balaban J connectivity index is 2.18. The van der Waals surface area contributed by atoms with Crippen LogP contribution in [0.5, 0.6) is 0 Å². The van der Waals surface area contributed by atoms with Crippen molar-refractivity contribution in [3.8, 4) is 0 Å². The number of anilines is 1. The van der Waals surface area contributed by atoms with Gasteiger partial charge in [-0.3, -0.25) is 4.79 Å². The predicted octanol–water partition coefficient (Wildman–Crippen LogP) is 4.34. The van der Waals surface area contributed by atoms with Crippen LogP contribution in [-0.2, 0) is 0 Å². The molecule has 2 aromatic rings. The summed E-state index contributed by atoms with van der Waals surface area (Å²) >= 11 is 7.86. The maximum atomic E-state index is 13.1. The molecular weight excluding hydrogens is 368 g/mol. The SMILES string of the molecule is O=C(Nc1cc(F)cc(Cl)c1)c1ccc(I)cc1. The fourth-order valence-corrected chi connectivity index (χ4v) is 2.01. The lowest BCUT2D eigenvalue weighted by molar-refractivity contribution is 0.102. The van der Waals surface area contributed by atoms with Crippen LogP contribution in [0.25, 0.3) is 0 Å². The smallest absolute Gasteiger partial charge is 0.255 e. The molecule has 0 bridgehead atoms. The normalized spacial score (nSPS) is 10.2. The second-order valence-electron chi connectivity index (χ2n) is 3.62. The molecule has 0 aliphatic heterocycles. The lowest BCUT2D eigenvalue weighted by Crippen LogP contribution is -2.11. The van der Waals surface area contributed by atoms with Gasteiger partial charge in [0.1, 0.15) is 5.82 Å². The van der Waals surface area contributed by atoms with Crippen molar-refractivity contribution in [1.29, 1.82) is 0 Å². The molecule has 0 saturated heterocycles. The second-order valence-corrected chi connectivity index (χ2v) is 5.30. The molecule has 2 aromatic carbocycles. The number of halogens is 3. The van der Waals surface area contributed by atoms with Crippen LogP contribution in [0.3, 0.4) is 0 Å². The van der Waals surface area contributed by atoms with Crippen LogP contribution in [0.2, 0.25) is 5.02 Å². The summed E-state index contributed by atoms with van der Waals surface area (Å²) in [7, 11) is 0. The zero-order valence-electron chi connectivity index (χ0n) is 9.08. The van der Waals surface area contributed by atoms with E-state index < -0.39 is 5.82 Å². The van der Waals surface area contributed by atoms with Crippen molar-refractivity contribution in [2.45, 2.75) is 0 Å². The van der Waals surface area contributed by atoms with Crippen molar-refractivity contribution in [3.63, 3.8) is 0 Å². The Hall–Kier alpha value is -1.14. The summed E-state index contributed by atoms with van der Waals surface area (Å²) in [5.74, 6) is -0.784. The minimum atomic E-state index is -0.486.